The van der Waals surface area contributed by atoms with E-state index in [9.17, 15) is 0 Å². The Balaban J connectivity index is 0. The van der Waals surface area contributed by atoms with Crippen LogP contribution in [0.25, 0.3) is 0 Å². The number of H-pyrrole nitrogens is 1. The van der Waals surface area contributed by atoms with Gasteiger partial charge in [-0.15, -0.1) is 24.8 Å². The van der Waals surface area contributed by atoms with Gasteiger partial charge in [0.2, 0.25) is 0 Å². The Kier molecular flexibility index (Phi) is 7.84. The Hall–Kier alpha value is -0.250. The van der Waals surface area contributed by atoms with Gasteiger partial charge in [0, 0.05) is 12.4 Å². The molecular formula is C6H13Cl2N3. The van der Waals surface area contributed by atoms with Gasteiger partial charge in [-0.25, -0.2) is 4.98 Å². The van der Waals surface area contributed by atoms with E-state index in [-0.39, 0.29) is 30.9 Å². The molecule has 0 amide bonds. The van der Waals surface area contributed by atoms with E-state index < -0.39 is 0 Å². The molecule has 0 aliphatic heterocycles. The second-order valence-corrected chi connectivity index (χ2v) is 1.99. The van der Waals surface area contributed by atoms with Crippen LogP contribution in [-0.2, 0) is 0 Å². The van der Waals surface area contributed by atoms with Crippen molar-refractivity contribution in [3.8, 4) is 0 Å². The molecule has 3 N–H and O–H groups in total. The summed E-state index contributed by atoms with van der Waals surface area (Å²) >= 11 is 0. The molecule has 1 rings (SSSR count). The number of halogens is 2. The molecular weight excluding hydrogens is 185 g/mol. The number of rotatable bonds is 2. The monoisotopic (exact) mass is 197 g/mol. The average molecular weight is 198 g/mol. The van der Waals surface area contributed by atoms with E-state index in [1.54, 1.807) is 12.4 Å². The molecule has 1 aromatic heterocycles. The third-order valence-electron chi connectivity index (χ3n) is 1.31. The molecule has 1 heterocycles. The third-order valence-corrected chi connectivity index (χ3v) is 1.31. The second kappa shape index (κ2) is 6.46. The summed E-state index contributed by atoms with van der Waals surface area (Å²) in [5, 5.41) is 0. The smallest absolute Gasteiger partial charge is 0.122 e. The van der Waals surface area contributed by atoms with Crippen LogP contribution in [0.1, 0.15) is 25.2 Å². The van der Waals surface area contributed by atoms with Crippen LogP contribution in [0, 0.1) is 0 Å². The molecule has 1 unspecified atom stereocenters. The van der Waals surface area contributed by atoms with Crippen LogP contribution in [0.2, 0.25) is 0 Å². The van der Waals surface area contributed by atoms with Crippen molar-refractivity contribution in [3.05, 3.63) is 18.2 Å². The number of nitrogens with one attached hydrogen (secondary N) is 1. The van der Waals surface area contributed by atoms with E-state index in [0.717, 1.165) is 12.2 Å². The lowest BCUT2D eigenvalue weighted by Crippen LogP contribution is -2.09. The molecule has 66 valence electrons. The van der Waals surface area contributed by atoms with Gasteiger partial charge in [0.15, 0.2) is 0 Å². The fourth-order valence-corrected chi connectivity index (χ4v) is 0.674. The summed E-state index contributed by atoms with van der Waals surface area (Å²) in [5.74, 6) is 0.873. The summed E-state index contributed by atoms with van der Waals surface area (Å²) in [6.45, 7) is 2.03. The Labute approximate surface area is 78.6 Å². The lowest BCUT2D eigenvalue weighted by Gasteiger charge is -2.01. The molecule has 1 aromatic rings. The van der Waals surface area contributed by atoms with E-state index in [4.69, 9.17) is 5.73 Å². The molecule has 0 bridgehead atoms. The van der Waals surface area contributed by atoms with E-state index in [1.807, 2.05) is 6.92 Å². The Morgan fingerprint density at radius 2 is 2.27 bits per heavy atom. The van der Waals surface area contributed by atoms with E-state index in [1.165, 1.54) is 0 Å². The largest absolute Gasteiger partial charge is 0.347 e. The summed E-state index contributed by atoms with van der Waals surface area (Å²) in [6.07, 6.45) is 4.42. The molecule has 0 saturated heterocycles. The number of hydrogen-bond donors (Lipinski definition) is 2. The van der Waals surface area contributed by atoms with Crippen LogP contribution in [-0.4, -0.2) is 9.97 Å². The van der Waals surface area contributed by atoms with E-state index >= 15 is 0 Å². The first-order chi connectivity index (χ1) is 4.34. The van der Waals surface area contributed by atoms with Crippen LogP contribution in [0.3, 0.4) is 0 Å². The van der Waals surface area contributed by atoms with Crippen LogP contribution in [0.5, 0.6) is 0 Å². The average Bonchev–Trinajstić information content (AvgIpc) is 2.37. The molecule has 0 saturated carbocycles. The number of aromatic amines is 1. The minimum absolute atomic E-state index is 0. The highest BCUT2D eigenvalue weighted by Crippen LogP contribution is 2.05. The number of hydrogen-bond acceptors (Lipinski definition) is 2. The van der Waals surface area contributed by atoms with Crippen LogP contribution in [0.4, 0.5) is 0 Å². The highest BCUT2D eigenvalue weighted by Gasteiger charge is 2.02. The molecule has 0 aliphatic rings. The summed E-state index contributed by atoms with van der Waals surface area (Å²) in [7, 11) is 0. The maximum atomic E-state index is 5.64. The van der Waals surface area contributed by atoms with Gasteiger partial charge in [-0.2, -0.15) is 0 Å². The van der Waals surface area contributed by atoms with Gasteiger partial charge in [0.1, 0.15) is 5.82 Å². The molecule has 0 aliphatic carbocycles. The van der Waals surface area contributed by atoms with Gasteiger partial charge >= 0.3 is 0 Å². The predicted molar refractivity (Wildman–Crippen MR) is 50.3 cm³/mol. The third kappa shape index (κ3) is 3.60. The Morgan fingerprint density at radius 3 is 2.64 bits per heavy atom. The highest BCUT2D eigenvalue weighted by molar-refractivity contribution is 5.85. The molecule has 0 spiro atoms. The van der Waals surface area contributed by atoms with Crippen molar-refractivity contribution in [1.29, 1.82) is 0 Å². The van der Waals surface area contributed by atoms with Gasteiger partial charge in [-0.1, -0.05) is 6.92 Å². The number of nitrogens with zero attached hydrogens (tertiary/aromatic N) is 1. The van der Waals surface area contributed by atoms with Crippen molar-refractivity contribution >= 4 is 24.8 Å². The maximum absolute atomic E-state index is 5.64. The maximum Gasteiger partial charge on any atom is 0.122 e. The summed E-state index contributed by atoms with van der Waals surface area (Å²) in [5.41, 5.74) is 5.64. The van der Waals surface area contributed by atoms with Crippen molar-refractivity contribution in [3.63, 3.8) is 0 Å². The van der Waals surface area contributed by atoms with Crippen molar-refractivity contribution in [2.24, 2.45) is 5.73 Å². The van der Waals surface area contributed by atoms with Gasteiger partial charge in [0.25, 0.3) is 0 Å². The SMILES string of the molecule is CCC(N)c1ncc[nH]1.Cl.Cl. The zero-order valence-corrected chi connectivity index (χ0v) is 7.91. The minimum atomic E-state index is 0. The summed E-state index contributed by atoms with van der Waals surface area (Å²) in [6, 6.07) is 0.0694. The van der Waals surface area contributed by atoms with Crippen LogP contribution >= 0.6 is 24.8 Å². The number of imidazole rings is 1. The van der Waals surface area contributed by atoms with Gasteiger partial charge in [-0.05, 0) is 6.42 Å². The van der Waals surface area contributed by atoms with Gasteiger partial charge < -0.3 is 10.7 Å². The fourth-order valence-electron chi connectivity index (χ4n) is 0.674. The lowest BCUT2D eigenvalue weighted by molar-refractivity contribution is 0.658. The summed E-state index contributed by atoms with van der Waals surface area (Å²) < 4.78 is 0. The van der Waals surface area contributed by atoms with Crippen molar-refractivity contribution in [2.45, 2.75) is 19.4 Å². The first-order valence-corrected chi connectivity index (χ1v) is 3.09. The number of aromatic nitrogens is 2. The van der Waals surface area contributed by atoms with Crippen LogP contribution in [0.15, 0.2) is 12.4 Å². The minimum Gasteiger partial charge on any atom is -0.347 e. The van der Waals surface area contributed by atoms with Crippen molar-refractivity contribution < 1.29 is 0 Å². The van der Waals surface area contributed by atoms with E-state index in [0.29, 0.717) is 0 Å². The van der Waals surface area contributed by atoms with Gasteiger partial charge in [0.05, 0.1) is 6.04 Å². The summed E-state index contributed by atoms with van der Waals surface area (Å²) in [4.78, 5) is 6.96. The van der Waals surface area contributed by atoms with Crippen LogP contribution < -0.4 is 5.73 Å². The first kappa shape index (κ1) is 13.3. The van der Waals surface area contributed by atoms with Crippen molar-refractivity contribution in [2.75, 3.05) is 0 Å². The molecule has 0 fully saturated rings. The zero-order chi connectivity index (χ0) is 6.69. The predicted octanol–water partition coefficient (Wildman–Crippen LogP) is 1.66. The molecule has 11 heavy (non-hydrogen) atoms. The normalized spacial score (nSPS) is 11.1. The van der Waals surface area contributed by atoms with E-state index in [2.05, 4.69) is 9.97 Å². The zero-order valence-electron chi connectivity index (χ0n) is 6.28. The molecule has 5 heteroatoms. The first-order valence-electron chi connectivity index (χ1n) is 3.09. The molecule has 3 nitrogen and oxygen atoms in total. The standard InChI is InChI=1S/C6H11N3.2ClH/c1-2-5(7)6-8-3-4-9-6;;/h3-5H,2,7H2,1H3,(H,8,9);2*1H. The topological polar surface area (TPSA) is 54.7 Å². The molecule has 0 radical (unpaired) electrons. The lowest BCUT2D eigenvalue weighted by atomic mass is 10.2. The van der Waals surface area contributed by atoms with Gasteiger partial charge in [-0.3, -0.25) is 0 Å². The quantitative estimate of drug-likeness (QED) is 0.759. The molecule has 0 aromatic carbocycles. The second-order valence-electron chi connectivity index (χ2n) is 1.99. The Bertz CT molecular complexity index is 164. The fraction of sp³-hybridized carbons (Fsp3) is 0.500. The van der Waals surface area contributed by atoms with Crippen molar-refractivity contribution in [1.82, 2.24) is 9.97 Å². The Morgan fingerprint density at radius 1 is 1.64 bits per heavy atom. The number of nitrogens with two attached hydrogens (primary N) is 1. The molecule has 1 atom stereocenters. The highest BCUT2D eigenvalue weighted by atomic mass is 35.5.